The molecule has 2 unspecified atom stereocenters. The van der Waals surface area contributed by atoms with Gasteiger partial charge in [0.25, 0.3) is 0 Å². The van der Waals surface area contributed by atoms with Crippen LogP contribution in [0.5, 0.6) is 0 Å². The van der Waals surface area contributed by atoms with Crippen LogP contribution >= 0.6 is 0 Å². The van der Waals surface area contributed by atoms with Gasteiger partial charge in [0.1, 0.15) is 0 Å². The van der Waals surface area contributed by atoms with Crippen molar-refractivity contribution in [1.29, 1.82) is 0 Å². The average molecular weight is 243 g/mol. The van der Waals surface area contributed by atoms with Crippen LogP contribution in [0, 0.1) is 5.92 Å². The van der Waals surface area contributed by atoms with Crippen molar-refractivity contribution in [2.75, 3.05) is 13.2 Å². The number of hydrogen-bond donors (Lipinski definition) is 1. The molecule has 0 saturated heterocycles. The summed E-state index contributed by atoms with van der Waals surface area (Å²) in [5.74, 6) is 0.634. The van der Waals surface area contributed by atoms with Crippen molar-refractivity contribution in [3.05, 3.63) is 0 Å². The minimum atomic E-state index is 0.0143. The van der Waals surface area contributed by atoms with Crippen molar-refractivity contribution >= 4 is 0 Å². The lowest BCUT2D eigenvalue weighted by Crippen LogP contribution is -2.46. The highest BCUT2D eigenvalue weighted by atomic mass is 16.5. The van der Waals surface area contributed by atoms with Gasteiger partial charge in [0, 0.05) is 6.61 Å². The molecule has 0 bridgehead atoms. The molecule has 1 saturated carbocycles. The third-order valence-electron chi connectivity index (χ3n) is 3.52. The standard InChI is InChI=1S/C14H29NO2/c1-4-16-14(12-8-6-5-7-9-12)13(15)10-17-11(2)3/h11-14H,4-10,15H2,1-3H3. The Morgan fingerprint density at radius 3 is 2.29 bits per heavy atom. The number of nitrogens with two attached hydrogens (primary N) is 1. The van der Waals surface area contributed by atoms with Crippen molar-refractivity contribution in [2.24, 2.45) is 11.7 Å². The van der Waals surface area contributed by atoms with Crippen molar-refractivity contribution in [2.45, 2.75) is 71.1 Å². The molecule has 2 N–H and O–H groups in total. The smallest absolute Gasteiger partial charge is 0.0776 e. The van der Waals surface area contributed by atoms with Crippen LogP contribution in [0.25, 0.3) is 0 Å². The molecule has 1 aliphatic rings. The van der Waals surface area contributed by atoms with E-state index in [4.69, 9.17) is 15.2 Å². The van der Waals surface area contributed by atoms with Crippen LogP contribution in [0.4, 0.5) is 0 Å². The summed E-state index contributed by atoms with van der Waals surface area (Å²) < 4.78 is 11.5. The van der Waals surface area contributed by atoms with E-state index in [0.717, 1.165) is 6.61 Å². The second kappa shape index (κ2) is 8.06. The van der Waals surface area contributed by atoms with Gasteiger partial charge in [-0.3, -0.25) is 0 Å². The van der Waals surface area contributed by atoms with Crippen LogP contribution < -0.4 is 5.73 Å². The van der Waals surface area contributed by atoms with Gasteiger partial charge in [-0.1, -0.05) is 19.3 Å². The summed E-state index contributed by atoms with van der Waals surface area (Å²) in [5.41, 5.74) is 6.23. The fourth-order valence-electron chi connectivity index (χ4n) is 2.66. The fourth-order valence-corrected chi connectivity index (χ4v) is 2.66. The van der Waals surface area contributed by atoms with Crippen molar-refractivity contribution in [3.8, 4) is 0 Å². The maximum absolute atomic E-state index is 6.23. The number of rotatable bonds is 7. The van der Waals surface area contributed by atoms with E-state index in [-0.39, 0.29) is 18.2 Å². The van der Waals surface area contributed by atoms with Crippen molar-refractivity contribution < 1.29 is 9.47 Å². The molecule has 1 rings (SSSR count). The lowest BCUT2D eigenvalue weighted by molar-refractivity contribution is -0.0383. The van der Waals surface area contributed by atoms with E-state index in [1.807, 2.05) is 20.8 Å². The first-order valence-electron chi connectivity index (χ1n) is 7.14. The van der Waals surface area contributed by atoms with Gasteiger partial charge in [-0.2, -0.15) is 0 Å². The summed E-state index contributed by atoms with van der Waals surface area (Å²) in [6.07, 6.45) is 6.97. The summed E-state index contributed by atoms with van der Waals surface area (Å²) in [4.78, 5) is 0. The number of hydrogen-bond acceptors (Lipinski definition) is 3. The van der Waals surface area contributed by atoms with Gasteiger partial charge in [-0.25, -0.2) is 0 Å². The predicted molar refractivity (Wildman–Crippen MR) is 71.1 cm³/mol. The first-order chi connectivity index (χ1) is 8.15. The number of ether oxygens (including phenoxy) is 2. The first kappa shape index (κ1) is 14.9. The third-order valence-corrected chi connectivity index (χ3v) is 3.52. The molecule has 0 spiro atoms. The Hall–Kier alpha value is -0.120. The van der Waals surface area contributed by atoms with Crippen LogP contribution in [0.3, 0.4) is 0 Å². The van der Waals surface area contributed by atoms with E-state index >= 15 is 0 Å². The lowest BCUT2D eigenvalue weighted by Gasteiger charge is -2.34. The minimum absolute atomic E-state index is 0.0143. The summed E-state index contributed by atoms with van der Waals surface area (Å²) >= 11 is 0. The highest BCUT2D eigenvalue weighted by molar-refractivity contribution is 4.83. The van der Waals surface area contributed by atoms with Gasteiger partial charge >= 0.3 is 0 Å². The van der Waals surface area contributed by atoms with Crippen molar-refractivity contribution in [3.63, 3.8) is 0 Å². The first-order valence-corrected chi connectivity index (χ1v) is 7.14. The lowest BCUT2D eigenvalue weighted by atomic mass is 9.83. The van der Waals surface area contributed by atoms with Gasteiger partial charge in [-0.05, 0) is 39.5 Å². The van der Waals surface area contributed by atoms with Gasteiger partial charge in [-0.15, -0.1) is 0 Å². The molecule has 0 amide bonds. The molecule has 0 aromatic rings. The zero-order valence-corrected chi connectivity index (χ0v) is 11.7. The molecule has 3 nitrogen and oxygen atoms in total. The average Bonchev–Trinajstić information content (AvgIpc) is 2.34. The van der Waals surface area contributed by atoms with E-state index in [1.165, 1.54) is 32.1 Å². The largest absolute Gasteiger partial charge is 0.377 e. The monoisotopic (exact) mass is 243 g/mol. The Labute approximate surface area is 106 Å². The highest BCUT2D eigenvalue weighted by Crippen LogP contribution is 2.29. The van der Waals surface area contributed by atoms with E-state index < -0.39 is 0 Å². The molecule has 0 aromatic heterocycles. The Bertz CT molecular complexity index is 191. The summed E-state index contributed by atoms with van der Waals surface area (Å²) in [5, 5.41) is 0. The summed E-state index contributed by atoms with van der Waals surface area (Å²) in [7, 11) is 0. The topological polar surface area (TPSA) is 44.5 Å². The Morgan fingerprint density at radius 1 is 1.12 bits per heavy atom. The summed E-state index contributed by atoms with van der Waals surface area (Å²) in [6, 6.07) is 0.0143. The van der Waals surface area contributed by atoms with Crippen molar-refractivity contribution in [1.82, 2.24) is 0 Å². The molecule has 1 aliphatic carbocycles. The zero-order valence-electron chi connectivity index (χ0n) is 11.7. The summed E-state index contributed by atoms with van der Waals surface area (Å²) in [6.45, 7) is 7.49. The van der Waals surface area contributed by atoms with Crippen LogP contribution in [-0.2, 0) is 9.47 Å². The van der Waals surface area contributed by atoms with Gasteiger partial charge in [0.15, 0.2) is 0 Å². The fraction of sp³-hybridized carbons (Fsp3) is 1.00. The maximum atomic E-state index is 6.23. The normalized spacial score (nSPS) is 21.7. The Morgan fingerprint density at radius 2 is 1.76 bits per heavy atom. The molecule has 0 aliphatic heterocycles. The van der Waals surface area contributed by atoms with Gasteiger partial charge in [0.05, 0.1) is 24.9 Å². The quantitative estimate of drug-likeness (QED) is 0.747. The second-order valence-corrected chi connectivity index (χ2v) is 5.36. The van der Waals surface area contributed by atoms with E-state index in [9.17, 15) is 0 Å². The molecule has 2 atom stereocenters. The van der Waals surface area contributed by atoms with Crippen LogP contribution in [0.1, 0.15) is 52.9 Å². The molecular weight excluding hydrogens is 214 g/mol. The van der Waals surface area contributed by atoms with E-state index in [2.05, 4.69) is 0 Å². The minimum Gasteiger partial charge on any atom is -0.377 e. The SMILES string of the molecule is CCOC(C(N)COC(C)C)C1CCCCC1. The molecule has 1 fully saturated rings. The molecule has 3 heteroatoms. The predicted octanol–water partition coefficient (Wildman–Crippen LogP) is 2.72. The van der Waals surface area contributed by atoms with E-state index in [0.29, 0.717) is 12.5 Å². The molecular formula is C14H29NO2. The van der Waals surface area contributed by atoms with Gasteiger partial charge in [0.2, 0.25) is 0 Å². The molecule has 17 heavy (non-hydrogen) atoms. The third kappa shape index (κ3) is 5.36. The van der Waals surface area contributed by atoms with Crippen LogP contribution in [0.15, 0.2) is 0 Å². The van der Waals surface area contributed by atoms with Crippen LogP contribution in [-0.4, -0.2) is 31.5 Å². The van der Waals surface area contributed by atoms with E-state index in [1.54, 1.807) is 0 Å². The highest BCUT2D eigenvalue weighted by Gasteiger charge is 2.29. The molecule has 0 aromatic carbocycles. The Kier molecular flexibility index (Phi) is 7.09. The van der Waals surface area contributed by atoms with Gasteiger partial charge < -0.3 is 15.2 Å². The molecule has 0 radical (unpaired) electrons. The molecule has 0 heterocycles. The Balaban J connectivity index is 2.44. The second-order valence-electron chi connectivity index (χ2n) is 5.36. The van der Waals surface area contributed by atoms with Crippen LogP contribution in [0.2, 0.25) is 0 Å². The molecule has 102 valence electrons. The zero-order chi connectivity index (χ0) is 12.7. The maximum Gasteiger partial charge on any atom is 0.0776 e.